The maximum absolute atomic E-state index is 13.2. The SMILES string of the molecule is O=C(O[Si](c1ccccc1)(c1ccccc1)c1ccccc1)c1ccccc1. The quantitative estimate of drug-likeness (QED) is 0.391. The fourth-order valence-corrected chi connectivity index (χ4v) is 7.20. The summed E-state index contributed by atoms with van der Waals surface area (Å²) in [5, 5.41) is 3.12. The lowest BCUT2D eigenvalue weighted by molar-refractivity contribution is 0.0732. The van der Waals surface area contributed by atoms with Crippen LogP contribution < -0.4 is 15.6 Å². The van der Waals surface area contributed by atoms with Gasteiger partial charge in [-0.2, -0.15) is 0 Å². The monoisotopic (exact) mass is 380 g/mol. The molecule has 3 heteroatoms. The van der Waals surface area contributed by atoms with Crippen molar-refractivity contribution in [1.29, 1.82) is 0 Å². The maximum atomic E-state index is 13.2. The van der Waals surface area contributed by atoms with E-state index in [2.05, 4.69) is 36.4 Å². The third kappa shape index (κ3) is 3.40. The summed E-state index contributed by atoms with van der Waals surface area (Å²) in [6, 6.07) is 39.5. The second kappa shape index (κ2) is 8.07. The molecule has 0 aliphatic heterocycles. The Morgan fingerprint density at radius 2 is 0.821 bits per heavy atom. The van der Waals surface area contributed by atoms with Crippen molar-refractivity contribution in [3.05, 3.63) is 127 Å². The lowest BCUT2D eigenvalue weighted by Crippen LogP contribution is -2.70. The van der Waals surface area contributed by atoms with Gasteiger partial charge in [-0.05, 0) is 27.7 Å². The Hall–Kier alpha value is -3.43. The first-order valence-corrected chi connectivity index (χ1v) is 11.2. The largest absolute Gasteiger partial charge is 0.502 e. The zero-order valence-corrected chi connectivity index (χ0v) is 16.4. The molecule has 4 rings (SSSR count). The van der Waals surface area contributed by atoms with E-state index >= 15 is 0 Å². The van der Waals surface area contributed by atoms with Crippen molar-refractivity contribution in [2.75, 3.05) is 0 Å². The van der Waals surface area contributed by atoms with Crippen molar-refractivity contribution in [1.82, 2.24) is 0 Å². The van der Waals surface area contributed by atoms with Crippen LogP contribution in [-0.4, -0.2) is 14.3 Å². The molecule has 4 aromatic rings. The van der Waals surface area contributed by atoms with Gasteiger partial charge in [0.25, 0.3) is 0 Å². The summed E-state index contributed by atoms with van der Waals surface area (Å²) in [6.07, 6.45) is 0. The van der Waals surface area contributed by atoms with E-state index < -0.39 is 8.32 Å². The van der Waals surface area contributed by atoms with Gasteiger partial charge in [0.2, 0.25) is 0 Å². The Bertz CT molecular complexity index is 936. The number of rotatable bonds is 5. The molecule has 0 bridgehead atoms. The molecule has 0 fully saturated rings. The van der Waals surface area contributed by atoms with Gasteiger partial charge in [0.05, 0.1) is 5.56 Å². The van der Waals surface area contributed by atoms with E-state index in [4.69, 9.17) is 4.43 Å². The molecule has 0 aliphatic rings. The summed E-state index contributed by atoms with van der Waals surface area (Å²) in [7, 11) is -3.02. The van der Waals surface area contributed by atoms with Crippen LogP contribution in [0.15, 0.2) is 121 Å². The average Bonchev–Trinajstić information content (AvgIpc) is 2.80. The summed E-state index contributed by atoms with van der Waals surface area (Å²) in [5.41, 5.74) is 0.558. The molecular formula is C25H20O2Si. The number of hydrogen-bond acceptors (Lipinski definition) is 2. The van der Waals surface area contributed by atoms with Gasteiger partial charge in [0, 0.05) is 0 Å². The number of benzene rings is 4. The lowest BCUT2D eigenvalue weighted by atomic mass is 10.2. The average molecular weight is 381 g/mol. The fourth-order valence-electron chi connectivity index (χ4n) is 3.47. The van der Waals surface area contributed by atoms with E-state index in [9.17, 15) is 4.79 Å². The van der Waals surface area contributed by atoms with Crippen LogP contribution in [0.1, 0.15) is 10.4 Å². The molecule has 0 unspecified atom stereocenters. The normalized spacial score (nSPS) is 11.0. The van der Waals surface area contributed by atoms with Crippen molar-refractivity contribution in [3.8, 4) is 0 Å². The standard InChI is InChI=1S/C25H20O2Si/c26-25(21-13-5-1-6-14-21)27-28(22-15-7-2-8-16-22,23-17-9-3-10-18-23)24-19-11-4-12-20-24/h1-20H. The van der Waals surface area contributed by atoms with Gasteiger partial charge < -0.3 is 4.43 Å². The molecule has 2 nitrogen and oxygen atoms in total. The summed E-state index contributed by atoms with van der Waals surface area (Å²) in [4.78, 5) is 13.2. The summed E-state index contributed by atoms with van der Waals surface area (Å²) in [6.45, 7) is 0. The zero-order valence-electron chi connectivity index (χ0n) is 15.4. The molecule has 0 heterocycles. The molecule has 0 aromatic heterocycles. The van der Waals surface area contributed by atoms with Gasteiger partial charge in [-0.25, -0.2) is 4.79 Å². The van der Waals surface area contributed by atoms with E-state index in [1.807, 2.05) is 72.8 Å². The highest BCUT2D eigenvalue weighted by Crippen LogP contribution is 2.13. The molecule has 0 amide bonds. The highest BCUT2D eigenvalue weighted by Gasteiger charge is 2.45. The highest BCUT2D eigenvalue weighted by molar-refractivity contribution is 7.07. The minimum Gasteiger partial charge on any atom is -0.502 e. The van der Waals surface area contributed by atoms with Crippen LogP contribution in [0, 0.1) is 0 Å². The van der Waals surface area contributed by atoms with E-state index in [0.29, 0.717) is 5.56 Å². The van der Waals surface area contributed by atoms with Crippen molar-refractivity contribution < 1.29 is 9.22 Å². The third-order valence-corrected chi connectivity index (χ3v) is 8.73. The highest BCUT2D eigenvalue weighted by atomic mass is 28.4. The van der Waals surface area contributed by atoms with E-state index in [1.54, 1.807) is 12.1 Å². The van der Waals surface area contributed by atoms with Crippen LogP contribution >= 0.6 is 0 Å². The van der Waals surface area contributed by atoms with Crippen LogP contribution in [0.2, 0.25) is 0 Å². The molecule has 0 saturated carbocycles. The summed E-state index contributed by atoms with van der Waals surface area (Å²) in [5.74, 6) is -0.302. The van der Waals surface area contributed by atoms with Gasteiger partial charge in [0.15, 0.2) is 0 Å². The van der Waals surface area contributed by atoms with Crippen molar-refractivity contribution in [2.45, 2.75) is 0 Å². The molecule has 0 spiro atoms. The molecule has 4 aromatic carbocycles. The van der Waals surface area contributed by atoms with E-state index in [1.165, 1.54) is 0 Å². The van der Waals surface area contributed by atoms with Crippen LogP contribution in [-0.2, 0) is 4.43 Å². The zero-order chi connectivity index (χ0) is 19.2. The Morgan fingerprint density at radius 1 is 0.500 bits per heavy atom. The van der Waals surface area contributed by atoms with Crippen LogP contribution in [0.25, 0.3) is 0 Å². The lowest BCUT2D eigenvalue weighted by Gasteiger charge is -2.32. The molecular weight excluding hydrogens is 360 g/mol. The van der Waals surface area contributed by atoms with E-state index in [-0.39, 0.29) is 5.97 Å². The Labute approximate surface area is 166 Å². The van der Waals surface area contributed by atoms with Gasteiger partial charge >= 0.3 is 14.3 Å². The van der Waals surface area contributed by atoms with Gasteiger partial charge in [-0.1, -0.05) is 109 Å². The summed E-state index contributed by atoms with van der Waals surface area (Å²) >= 11 is 0. The topological polar surface area (TPSA) is 26.3 Å². The fraction of sp³-hybridized carbons (Fsp3) is 0. The Morgan fingerprint density at radius 3 is 1.18 bits per heavy atom. The second-order valence-corrected chi connectivity index (χ2v) is 9.83. The van der Waals surface area contributed by atoms with Crippen LogP contribution in [0.3, 0.4) is 0 Å². The summed E-state index contributed by atoms with van der Waals surface area (Å²) < 4.78 is 6.48. The van der Waals surface area contributed by atoms with Crippen molar-refractivity contribution in [3.63, 3.8) is 0 Å². The number of carbonyl (C=O) groups is 1. The van der Waals surface area contributed by atoms with Crippen molar-refractivity contribution >= 4 is 29.8 Å². The van der Waals surface area contributed by atoms with Crippen LogP contribution in [0.4, 0.5) is 0 Å². The predicted octanol–water partition coefficient (Wildman–Crippen LogP) is 3.51. The third-order valence-electron chi connectivity index (χ3n) is 4.80. The van der Waals surface area contributed by atoms with Crippen molar-refractivity contribution in [2.24, 2.45) is 0 Å². The Kier molecular flexibility index (Phi) is 5.17. The first-order valence-electron chi connectivity index (χ1n) is 9.26. The number of carbonyl (C=O) groups excluding carboxylic acids is 1. The molecule has 0 N–H and O–H groups in total. The molecule has 136 valence electrons. The smallest absolute Gasteiger partial charge is 0.350 e. The first-order chi connectivity index (χ1) is 13.8. The van der Waals surface area contributed by atoms with Gasteiger partial charge in [-0.3, -0.25) is 0 Å². The molecule has 0 saturated heterocycles. The Balaban J connectivity index is 1.95. The minimum absolute atomic E-state index is 0.302. The van der Waals surface area contributed by atoms with Gasteiger partial charge in [0.1, 0.15) is 0 Å². The minimum atomic E-state index is -3.02. The molecule has 0 radical (unpaired) electrons. The molecule has 28 heavy (non-hydrogen) atoms. The first kappa shape index (κ1) is 18.0. The predicted molar refractivity (Wildman–Crippen MR) is 116 cm³/mol. The maximum Gasteiger partial charge on any atom is 0.350 e. The number of hydrogen-bond donors (Lipinski definition) is 0. The van der Waals surface area contributed by atoms with E-state index in [0.717, 1.165) is 15.6 Å². The molecule has 0 atom stereocenters. The second-order valence-electron chi connectivity index (χ2n) is 6.53. The van der Waals surface area contributed by atoms with Crippen LogP contribution in [0.5, 0.6) is 0 Å². The van der Waals surface area contributed by atoms with Gasteiger partial charge in [-0.15, -0.1) is 0 Å². The molecule has 0 aliphatic carbocycles.